The van der Waals surface area contributed by atoms with E-state index in [-0.39, 0.29) is 10.6 Å². The number of rotatable bonds is 5. The molecule has 4 aromatic carbocycles. The second-order valence-corrected chi connectivity index (χ2v) is 8.69. The van der Waals surface area contributed by atoms with E-state index in [1.807, 2.05) is 68.4 Å². The van der Waals surface area contributed by atoms with Crippen molar-refractivity contribution in [3.63, 3.8) is 0 Å². The molecular formula is C25H21NO3S. The molecule has 0 amide bonds. The number of aryl methyl sites for hydroxylation is 2. The molecule has 0 spiro atoms. The Labute approximate surface area is 176 Å². The highest BCUT2D eigenvalue weighted by Crippen LogP contribution is 2.30. The summed E-state index contributed by atoms with van der Waals surface area (Å²) >= 11 is 0. The summed E-state index contributed by atoms with van der Waals surface area (Å²) < 4.78 is 31.2. The molecule has 0 saturated carbocycles. The molecule has 4 nitrogen and oxygen atoms in total. The molecule has 0 aromatic heterocycles. The highest BCUT2D eigenvalue weighted by atomic mass is 32.2. The first-order chi connectivity index (χ1) is 14.4. The van der Waals surface area contributed by atoms with Crippen LogP contribution in [0.2, 0.25) is 0 Å². The van der Waals surface area contributed by atoms with E-state index < -0.39 is 10.1 Å². The fraction of sp³-hybridized carbons (Fsp3) is 0.0800. The summed E-state index contributed by atoms with van der Waals surface area (Å²) in [7, 11) is -3.97. The molecule has 0 aliphatic rings. The number of aliphatic imine (C=N–C) groups is 1. The summed E-state index contributed by atoms with van der Waals surface area (Å²) in [5.41, 5.74) is 3.52. The smallest absolute Gasteiger partial charge is 0.339 e. The van der Waals surface area contributed by atoms with Gasteiger partial charge in [0, 0.05) is 11.8 Å². The Balaban J connectivity index is 1.78. The second kappa shape index (κ2) is 8.13. The zero-order valence-electron chi connectivity index (χ0n) is 16.7. The molecule has 0 N–H and O–H groups in total. The Morgan fingerprint density at radius 2 is 1.40 bits per heavy atom. The normalized spacial score (nSPS) is 11.8. The van der Waals surface area contributed by atoms with E-state index in [0.29, 0.717) is 5.56 Å². The maximum atomic E-state index is 12.8. The van der Waals surface area contributed by atoms with Gasteiger partial charge in [-0.3, -0.25) is 4.99 Å². The van der Waals surface area contributed by atoms with Gasteiger partial charge in [-0.1, -0.05) is 65.7 Å². The van der Waals surface area contributed by atoms with Gasteiger partial charge in [0.05, 0.1) is 5.69 Å². The van der Waals surface area contributed by atoms with Gasteiger partial charge in [0.1, 0.15) is 4.90 Å². The van der Waals surface area contributed by atoms with Crippen LogP contribution in [-0.2, 0) is 10.1 Å². The van der Waals surface area contributed by atoms with E-state index in [9.17, 15) is 8.42 Å². The van der Waals surface area contributed by atoms with Gasteiger partial charge >= 0.3 is 10.1 Å². The summed E-state index contributed by atoms with van der Waals surface area (Å²) in [4.78, 5) is 4.66. The molecule has 0 aliphatic carbocycles. The quantitative estimate of drug-likeness (QED) is 0.298. The van der Waals surface area contributed by atoms with Crippen molar-refractivity contribution in [3.05, 3.63) is 102 Å². The van der Waals surface area contributed by atoms with Gasteiger partial charge < -0.3 is 4.18 Å². The number of hydrogen-bond acceptors (Lipinski definition) is 4. The van der Waals surface area contributed by atoms with Gasteiger partial charge in [0.25, 0.3) is 0 Å². The SMILES string of the molecule is Cc1ccc(N=Cc2c(OS(=O)(=O)c3ccc(C)cc3)ccc3ccccc23)cc1. The van der Waals surface area contributed by atoms with Gasteiger partial charge in [-0.2, -0.15) is 8.42 Å². The molecule has 0 bridgehead atoms. The number of fused-ring (bicyclic) bond motifs is 1. The van der Waals surface area contributed by atoms with E-state index in [4.69, 9.17) is 4.18 Å². The standard InChI is InChI=1S/C25H21NO3S/c1-18-7-12-21(13-8-18)26-17-24-23-6-4-3-5-20(23)11-16-25(24)29-30(27,28)22-14-9-19(2)10-15-22/h3-17H,1-2H3. The van der Waals surface area contributed by atoms with E-state index in [1.165, 1.54) is 0 Å². The zero-order valence-corrected chi connectivity index (χ0v) is 17.6. The van der Waals surface area contributed by atoms with Crippen molar-refractivity contribution < 1.29 is 12.6 Å². The molecule has 150 valence electrons. The molecule has 5 heteroatoms. The first kappa shape index (κ1) is 19.9. The molecule has 0 radical (unpaired) electrons. The van der Waals surface area contributed by atoms with Gasteiger partial charge in [-0.05, 0) is 55.0 Å². The predicted molar refractivity (Wildman–Crippen MR) is 121 cm³/mol. The Bertz CT molecular complexity index is 1320. The summed E-state index contributed by atoms with van der Waals surface area (Å²) in [5, 5.41) is 1.84. The van der Waals surface area contributed by atoms with E-state index in [1.54, 1.807) is 36.5 Å². The van der Waals surface area contributed by atoms with E-state index in [2.05, 4.69) is 4.99 Å². The summed E-state index contributed by atoms with van der Waals surface area (Å²) in [6, 6.07) is 25.6. The average Bonchev–Trinajstić information content (AvgIpc) is 2.74. The van der Waals surface area contributed by atoms with Crippen molar-refractivity contribution in [1.82, 2.24) is 0 Å². The molecule has 0 heterocycles. The lowest BCUT2D eigenvalue weighted by Gasteiger charge is -2.12. The molecular weight excluding hydrogens is 394 g/mol. The molecule has 0 aliphatic heterocycles. The van der Waals surface area contributed by atoms with Gasteiger partial charge in [-0.25, -0.2) is 0 Å². The lowest BCUT2D eigenvalue weighted by Crippen LogP contribution is -2.11. The number of hydrogen-bond donors (Lipinski definition) is 0. The van der Waals surface area contributed by atoms with Crippen molar-refractivity contribution in [3.8, 4) is 5.75 Å². The molecule has 4 rings (SSSR count). The first-order valence-corrected chi connectivity index (χ1v) is 11.0. The topological polar surface area (TPSA) is 55.7 Å². The molecule has 0 saturated heterocycles. The Hall–Kier alpha value is -3.44. The van der Waals surface area contributed by atoms with Crippen LogP contribution in [0.1, 0.15) is 16.7 Å². The lowest BCUT2D eigenvalue weighted by atomic mass is 10.0. The third kappa shape index (κ3) is 4.26. The van der Waals surface area contributed by atoms with Crippen LogP contribution in [0.15, 0.2) is 94.8 Å². The molecule has 0 fully saturated rings. The van der Waals surface area contributed by atoms with Crippen LogP contribution in [0.5, 0.6) is 5.75 Å². The van der Waals surface area contributed by atoms with E-state index >= 15 is 0 Å². The van der Waals surface area contributed by atoms with Crippen LogP contribution < -0.4 is 4.18 Å². The van der Waals surface area contributed by atoms with Gasteiger partial charge in [0.2, 0.25) is 0 Å². The molecule has 0 unspecified atom stereocenters. The van der Waals surface area contributed by atoms with Crippen molar-refractivity contribution >= 4 is 32.8 Å². The van der Waals surface area contributed by atoms with Gasteiger partial charge in [0.15, 0.2) is 5.75 Å². The second-order valence-electron chi connectivity index (χ2n) is 7.14. The fourth-order valence-corrected chi connectivity index (χ4v) is 4.07. The summed E-state index contributed by atoms with van der Waals surface area (Å²) in [5.74, 6) is 0.241. The maximum absolute atomic E-state index is 12.8. The molecule has 4 aromatic rings. The minimum atomic E-state index is -3.97. The van der Waals surface area contributed by atoms with Crippen molar-refractivity contribution in [2.45, 2.75) is 18.7 Å². The van der Waals surface area contributed by atoms with Crippen LogP contribution in [-0.4, -0.2) is 14.6 Å². The first-order valence-electron chi connectivity index (χ1n) is 9.56. The fourth-order valence-electron chi connectivity index (χ4n) is 3.12. The largest absolute Gasteiger partial charge is 0.378 e. The Morgan fingerprint density at radius 1 is 0.767 bits per heavy atom. The summed E-state index contributed by atoms with van der Waals surface area (Å²) in [6.07, 6.45) is 1.66. The monoisotopic (exact) mass is 415 g/mol. The zero-order chi connectivity index (χ0) is 21.1. The average molecular weight is 416 g/mol. The van der Waals surface area contributed by atoms with E-state index in [0.717, 1.165) is 27.6 Å². The molecule has 0 atom stereocenters. The van der Waals surface area contributed by atoms with Crippen LogP contribution in [0.4, 0.5) is 5.69 Å². The van der Waals surface area contributed by atoms with Crippen LogP contribution in [0.25, 0.3) is 10.8 Å². The number of nitrogens with zero attached hydrogens (tertiary/aromatic N) is 1. The predicted octanol–water partition coefficient (Wildman–Crippen LogP) is 5.97. The highest BCUT2D eigenvalue weighted by Gasteiger charge is 2.19. The summed E-state index contributed by atoms with van der Waals surface area (Å²) in [6.45, 7) is 3.92. The lowest BCUT2D eigenvalue weighted by molar-refractivity contribution is 0.486. The van der Waals surface area contributed by atoms with Crippen LogP contribution in [0, 0.1) is 13.8 Å². The maximum Gasteiger partial charge on any atom is 0.339 e. The van der Waals surface area contributed by atoms with Gasteiger partial charge in [-0.15, -0.1) is 0 Å². The number of benzene rings is 4. The third-order valence-corrected chi connectivity index (χ3v) is 6.07. The molecule has 30 heavy (non-hydrogen) atoms. The van der Waals surface area contributed by atoms with Crippen molar-refractivity contribution in [1.29, 1.82) is 0 Å². The Morgan fingerprint density at radius 3 is 2.10 bits per heavy atom. The highest BCUT2D eigenvalue weighted by molar-refractivity contribution is 7.87. The van der Waals surface area contributed by atoms with Crippen molar-refractivity contribution in [2.24, 2.45) is 4.99 Å². The minimum absolute atomic E-state index is 0.114. The van der Waals surface area contributed by atoms with Crippen molar-refractivity contribution in [2.75, 3.05) is 0 Å². The van der Waals surface area contributed by atoms with Crippen LogP contribution in [0.3, 0.4) is 0 Å². The van der Waals surface area contributed by atoms with Crippen LogP contribution >= 0.6 is 0 Å². The Kier molecular flexibility index (Phi) is 5.38. The third-order valence-electron chi connectivity index (χ3n) is 4.82. The minimum Gasteiger partial charge on any atom is -0.378 e.